The number of nitrogens with one attached hydrogen (secondary N) is 1. The Morgan fingerprint density at radius 3 is 1.77 bits per heavy atom. The van der Waals surface area contributed by atoms with Crippen LogP contribution in [0.15, 0.2) is 0 Å². The van der Waals surface area contributed by atoms with Crippen molar-refractivity contribution in [2.45, 2.75) is 19.3 Å². The van der Waals surface area contributed by atoms with Gasteiger partial charge in [-0.1, -0.05) is 0 Å². The minimum Gasteiger partial charge on any atom is -0.481 e. The van der Waals surface area contributed by atoms with Crippen molar-refractivity contribution in [3.05, 3.63) is 0 Å². The predicted molar refractivity (Wildman–Crippen MR) is 74.1 cm³/mol. The molecular weight excluding hydrogens is 319 g/mol. The van der Waals surface area contributed by atoms with Gasteiger partial charge < -0.3 is 10.2 Å². The SMILES string of the molecule is O=C(O)CCP(CCC(=O)O)CCC(=O)N(O)CC(=O)NO. The van der Waals surface area contributed by atoms with Crippen molar-refractivity contribution in [3.63, 3.8) is 0 Å². The molecule has 0 aromatic rings. The van der Waals surface area contributed by atoms with Crippen LogP contribution in [0.25, 0.3) is 0 Å². The van der Waals surface area contributed by atoms with E-state index >= 15 is 0 Å². The molecule has 0 unspecified atom stereocenters. The number of nitrogens with zero attached hydrogens (tertiary/aromatic N) is 1. The van der Waals surface area contributed by atoms with E-state index in [2.05, 4.69) is 0 Å². The molecule has 22 heavy (non-hydrogen) atoms. The van der Waals surface area contributed by atoms with Crippen LogP contribution in [0, 0.1) is 0 Å². The number of hydroxylamine groups is 3. The second-order valence-electron chi connectivity index (χ2n) is 4.37. The lowest BCUT2D eigenvalue weighted by atomic mass is 10.4. The normalized spacial score (nSPS) is 10.3. The second-order valence-corrected chi connectivity index (χ2v) is 7.05. The number of aliphatic carboxylic acids is 2. The van der Waals surface area contributed by atoms with Gasteiger partial charge in [0.2, 0.25) is 5.91 Å². The van der Waals surface area contributed by atoms with Gasteiger partial charge in [0.1, 0.15) is 6.54 Å². The lowest BCUT2D eigenvalue weighted by molar-refractivity contribution is -0.170. The highest BCUT2D eigenvalue weighted by atomic mass is 31.1. The average molecular weight is 338 g/mol. The van der Waals surface area contributed by atoms with Crippen LogP contribution < -0.4 is 5.48 Å². The first-order valence-electron chi connectivity index (χ1n) is 6.34. The number of hydrogen-bond donors (Lipinski definition) is 5. The third-order valence-corrected chi connectivity index (χ3v) is 5.20. The molecule has 0 radical (unpaired) electrons. The fourth-order valence-corrected chi connectivity index (χ4v) is 3.68. The summed E-state index contributed by atoms with van der Waals surface area (Å²) in [5.41, 5.74) is 1.26. The molecule has 0 aliphatic heterocycles. The third-order valence-electron chi connectivity index (χ3n) is 2.63. The van der Waals surface area contributed by atoms with Gasteiger partial charge in [-0.3, -0.25) is 29.6 Å². The van der Waals surface area contributed by atoms with Gasteiger partial charge in [-0.15, -0.1) is 7.92 Å². The Labute approximate surface area is 127 Å². The molecule has 0 aliphatic carbocycles. The summed E-state index contributed by atoms with van der Waals surface area (Å²) in [5.74, 6) is -3.73. The summed E-state index contributed by atoms with van der Waals surface area (Å²) >= 11 is 0. The van der Waals surface area contributed by atoms with E-state index in [-0.39, 0.29) is 42.8 Å². The van der Waals surface area contributed by atoms with E-state index in [9.17, 15) is 24.4 Å². The molecule has 10 nitrogen and oxygen atoms in total. The van der Waals surface area contributed by atoms with E-state index in [0.29, 0.717) is 0 Å². The Hall–Kier alpha value is -1.77. The first-order valence-corrected chi connectivity index (χ1v) is 8.24. The molecule has 0 rings (SSSR count). The highest BCUT2D eigenvalue weighted by Crippen LogP contribution is 2.37. The van der Waals surface area contributed by atoms with Gasteiger partial charge in [0.25, 0.3) is 5.91 Å². The number of hydrogen-bond acceptors (Lipinski definition) is 6. The van der Waals surface area contributed by atoms with E-state index in [4.69, 9.17) is 15.4 Å². The highest BCUT2D eigenvalue weighted by Gasteiger charge is 2.18. The molecule has 0 heterocycles. The van der Waals surface area contributed by atoms with E-state index in [0.717, 1.165) is 0 Å². The van der Waals surface area contributed by atoms with Crippen LogP contribution in [0.5, 0.6) is 0 Å². The fraction of sp³-hybridized carbons (Fsp3) is 0.636. The zero-order valence-corrected chi connectivity index (χ0v) is 12.7. The molecule has 0 spiro atoms. The summed E-state index contributed by atoms with van der Waals surface area (Å²) in [6.07, 6.45) is 0.457. The summed E-state index contributed by atoms with van der Waals surface area (Å²) in [6, 6.07) is 0. The minimum absolute atomic E-state index is 0.116. The number of carbonyl (C=O) groups excluding carboxylic acids is 2. The number of carboxylic acid groups (broad SMARTS) is 2. The van der Waals surface area contributed by atoms with Crippen LogP contribution in [0.1, 0.15) is 19.3 Å². The molecule has 0 saturated heterocycles. The maximum absolute atomic E-state index is 11.6. The van der Waals surface area contributed by atoms with Crippen LogP contribution >= 0.6 is 7.92 Å². The summed E-state index contributed by atoms with van der Waals surface area (Å²) in [5, 5.41) is 35.0. The lowest BCUT2D eigenvalue weighted by Crippen LogP contribution is -2.37. The van der Waals surface area contributed by atoms with E-state index < -0.39 is 38.2 Å². The minimum atomic E-state index is -1.00. The Kier molecular flexibility index (Phi) is 10.0. The van der Waals surface area contributed by atoms with Crippen molar-refractivity contribution in [1.82, 2.24) is 10.5 Å². The van der Waals surface area contributed by atoms with Crippen molar-refractivity contribution in [1.29, 1.82) is 0 Å². The van der Waals surface area contributed by atoms with E-state index in [1.807, 2.05) is 0 Å². The third kappa shape index (κ3) is 10.0. The van der Waals surface area contributed by atoms with Gasteiger partial charge in [0.05, 0.1) is 0 Å². The molecule has 0 fully saturated rings. The Bertz CT molecular complexity index is 399. The van der Waals surface area contributed by atoms with Gasteiger partial charge in [-0.25, -0.2) is 10.5 Å². The van der Waals surface area contributed by atoms with Gasteiger partial charge in [-0.2, -0.15) is 0 Å². The predicted octanol–water partition coefficient (Wildman–Crippen LogP) is -0.469. The Balaban J connectivity index is 4.33. The van der Waals surface area contributed by atoms with Crippen molar-refractivity contribution in [3.8, 4) is 0 Å². The van der Waals surface area contributed by atoms with Crippen molar-refractivity contribution < 1.29 is 39.8 Å². The zero-order chi connectivity index (χ0) is 17.1. The fourth-order valence-electron chi connectivity index (χ4n) is 1.49. The smallest absolute Gasteiger partial charge is 0.303 e. The lowest BCUT2D eigenvalue weighted by Gasteiger charge is -2.18. The van der Waals surface area contributed by atoms with Crippen molar-refractivity contribution in [2.24, 2.45) is 0 Å². The Morgan fingerprint density at radius 2 is 1.36 bits per heavy atom. The molecule has 0 aromatic carbocycles. The van der Waals surface area contributed by atoms with Crippen LogP contribution in [0.4, 0.5) is 0 Å². The number of carboxylic acids is 2. The van der Waals surface area contributed by atoms with Crippen LogP contribution in [0.3, 0.4) is 0 Å². The average Bonchev–Trinajstić information content (AvgIpc) is 2.45. The molecular formula is C11H19N2O8P. The molecule has 0 saturated carbocycles. The summed E-state index contributed by atoms with van der Waals surface area (Å²) in [4.78, 5) is 43.5. The molecule has 5 N–H and O–H groups in total. The molecule has 2 amide bonds. The number of carbonyl (C=O) groups is 4. The first kappa shape index (κ1) is 20.2. The molecule has 0 aliphatic rings. The molecule has 11 heteroatoms. The maximum atomic E-state index is 11.6. The molecule has 0 bridgehead atoms. The number of amides is 2. The molecule has 0 atom stereocenters. The highest BCUT2D eigenvalue weighted by molar-refractivity contribution is 7.57. The summed E-state index contributed by atoms with van der Waals surface area (Å²) in [6.45, 7) is -0.725. The van der Waals surface area contributed by atoms with Gasteiger partial charge in [0, 0.05) is 19.3 Å². The second kappa shape index (κ2) is 10.9. The summed E-state index contributed by atoms with van der Waals surface area (Å²) < 4.78 is 0. The Morgan fingerprint density at radius 1 is 0.909 bits per heavy atom. The van der Waals surface area contributed by atoms with Crippen LogP contribution in [-0.4, -0.2) is 74.5 Å². The van der Waals surface area contributed by atoms with Gasteiger partial charge in [0.15, 0.2) is 0 Å². The monoisotopic (exact) mass is 338 g/mol. The topological polar surface area (TPSA) is 164 Å². The molecule has 126 valence electrons. The number of rotatable bonds is 11. The largest absolute Gasteiger partial charge is 0.481 e. The van der Waals surface area contributed by atoms with Gasteiger partial charge >= 0.3 is 11.9 Å². The van der Waals surface area contributed by atoms with E-state index in [1.54, 1.807) is 0 Å². The van der Waals surface area contributed by atoms with Crippen LogP contribution in [0.2, 0.25) is 0 Å². The van der Waals surface area contributed by atoms with Gasteiger partial charge in [-0.05, 0) is 18.5 Å². The quantitative estimate of drug-likeness (QED) is 0.192. The van der Waals surface area contributed by atoms with Crippen molar-refractivity contribution >= 4 is 31.7 Å². The standard InChI is InChI=1S/C11H19N2O8P/c14-8(12-20)7-13(21)9(15)1-4-22(5-2-10(16)17)6-3-11(18)19/h20-21H,1-7H2,(H,12,14)(H,16,17)(H,18,19). The van der Waals surface area contributed by atoms with Crippen molar-refractivity contribution in [2.75, 3.05) is 25.0 Å². The van der Waals surface area contributed by atoms with E-state index in [1.165, 1.54) is 5.48 Å². The maximum Gasteiger partial charge on any atom is 0.303 e. The summed E-state index contributed by atoms with van der Waals surface area (Å²) in [7, 11) is -0.977. The van der Waals surface area contributed by atoms with Crippen LogP contribution in [-0.2, 0) is 19.2 Å². The zero-order valence-electron chi connectivity index (χ0n) is 11.8. The first-order chi connectivity index (χ1) is 10.3. The molecule has 0 aromatic heterocycles.